The van der Waals surface area contributed by atoms with Crippen LogP contribution in [0.25, 0.3) is 0 Å². The summed E-state index contributed by atoms with van der Waals surface area (Å²) >= 11 is 0. The number of rotatable bonds is 7. The van der Waals surface area contributed by atoms with Crippen LogP contribution in [-0.4, -0.2) is 37.8 Å². The third-order valence-electron chi connectivity index (χ3n) is 4.94. The Hall–Kier alpha value is -2.71. The van der Waals surface area contributed by atoms with E-state index >= 15 is 0 Å². The molecular formula is C20H17F7N2O4S. The van der Waals surface area contributed by atoms with Crippen LogP contribution in [0.5, 0.6) is 0 Å². The van der Waals surface area contributed by atoms with Crippen LogP contribution >= 0.6 is 0 Å². The van der Waals surface area contributed by atoms with Crippen LogP contribution in [0.3, 0.4) is 0 Å². The Morgan fingerprint density at radius 3 is 2.15 bits per heavy atom. The fourth-order valence-electron chi connectivity index (χ4n) is 3.05. The average molecular weight is 514 g/mol. The fraction of sp³-hybridized carbons (Fsp3) is 0.350. The molecule has 34 heavy (non-hydrogen) atoms. The third kappa shape index (κ3) is 5.33. The molecule has 1 aliphatic carbocycles. The molecule has 0 bridgehead atoms. The molecule has 0 aliphatic heterocycles. The van der Waals surface area contributed by atoms with Gasteiger partial charge in [-0.2, -0.15) is 26.3 Å². The number of alkyl halides is 6. The first-order valence-electron chi connectivity index (χ1n) is 9.61. The minimum absolute atomic E-state index is 0.0721. The van der Waals surface area contributed by atoms with Crippen LogP contribution in [-0.2, 0) is 26.8 Å². The van der Waals surface area contributed by atoms with E-state index in [0.29, 0.717) is 18.9 Å². The van der Waals surface area contributed by atoms with Gasteiger partial charge in [0.2, 0.25) is 15.9 Å². The Labute approximate surface area is 188 Å². The largest absolute Gasteiger partial charge is 0.430 e. The van der Waals surface area contributed by atoms with Crippen molar-refractivity contribution in [3.8, 4) is 0 Å². The van der Waals surface area contributed by atoms with E-state index in [1.54, 1.807) is 0 Å². The number of benzene rings is 2. The maximum atomic E-state index is 14.2. The molecule has 2 aromatic rings. The second-order valence-electron chi connectivity index (χ2n) is 7.67. The Balaban J connectivity index is 1.76. The lowest BCUT2D eigenvalue weighted by molar-refractivity contribution is -0.377. The molecule has 0 aromatic heterocycles. The van der Waals surface area contributed by atoms with Gasteiger partial charge in [-0.1, -0.05) is 18.2 Å². The number of nitrogens with one attached hydrogen (secondary N) is 2. The molecule has 6 nitrogen and oxygen atoms in total. The predicted octanol–water partition coefficient (Wildman–Crippen LogP) is 3.76. The molecule has 2 aromatic carbocycles. The zero-order valence-electron chi connectivity index (χ0n) is 17.0. The highest BCUT2D eigenvalue weighted by Gasteiger charge is 2.72. The summed E-state index contributed by atoms with van der Waals surface area (Å²) < 4.78 is 119. The number of aliphatic hydroxyl groups is 1. The summed E-state index contributed by atoms with van der Waals surface area (Å²) in [7, 11) is -3.80. The number of hydrogen-bond acceptors (Lipinski definition) is 4. The fourth-order valence-corrected chi connectivity index (χ4v) is 4.43. The summed E-state index contributed by atoms with van der Waals surface area (Å²) in [5.74, 6) is -2.90. The Morgan fingerprint density at radius 1 is 1.00 bits per heavy atom. The van der Waals surface area contributed by atoms with E-state index in [2.05, 4.69) is 10.0 Å². The molecule has 0 heterocycles. The normalized spacial score (nSPS) is 15.3. The average Bonchev–Trinajstić information content (AvgIpc) is 3.49. The van der Waals surface area contributed by atoms with Crippen LogP contribution in [0.4, 0.5) is 36.4 Å². The first-order valence-corrected chi connectivity index (χ1v) is 11.1. The SMILES string of the molecule is O=C(Cc1cccc(S(=O)(=O)NC2CC2)c1)Nc1ccc(C(O)(C(F)(F)F)C(F)(F)F)c(F)c1. The number of amides is 1. The number of anilines is 1. The first-order chi connectivity index (χ1) is 15.5. The molecule has 1 saturated carbocycles. The number of carbonyl (C=O) groups excluding carboxylic acids is 1. The van der Waals surface area contributed by atoms with Crippen molar-refractivity contribution >= 4 is 21.6 Å². The highest BCUT2D eigenvalue weighted by molar-refractivity contribution is 7.89. The Kier molecular flexibility index (Phi) is 6.72. The zero-order valence-corrected chi connectivity index (χ0v) is 17.8. The molecule has 0 radical (unpaired) electrons. The second-order valence-corrected chi connectivity index (χ2v) is 9.38. The van der Waals surface area contributed by atoms with Crippen LogP contribution in [0.1, 0.15) is 24.0 Å². The maximum absolute atomic E-state index is 14.2. The van der Waals surface area contributed by atoms with E-state index in [1.807, 2.05) is 0 Å². The number of halogens is 7. The molecule has 14 heteroatoms. The summed E-state index contributed by atoms with van der Waals surface area (Å²) in [5.41, 5.74) is -7.77. The highest BCUT2D eigenvalue weighted by Crippen LogP contribution is 2.50. The van der Waals surface area contributed by atoms with Gasteiger partial charge in [0.25, 0.3) is 5.60 Å². The van der Waals surface area contributed by atoms with Crippen molar-refractivity contribution in [2.75, 3.05) is 5.32 Å². The summed E-state index contributed by atoms with van der Waals surface area (Å²) in [5, 5.41) is 11.4. The van der Waals surface area contributed by atoms with Gasteiger partial charge < -0.3 is 10.4 Å². The third-order valence-corrected chi connectivity index (χ3v) is 6.45. The lowest BCUT2D eigenvalue weighted by Crippen LogP contribution is -2.54. The van der Waals surface area contributed by atoms with E-state index in [1.165, 1.54) is 24.3 Å². The van der Waals surface area contributed by atoms with Crippen molar-refractivity contribution in [1.29, 1.82) is 0 Å². The van der Waals surface area contributed by atoms with Gasteiger partial charge in [0.1, 0.15) is 5.82 Å². The molecule has 186 valence electrons. The van der Waals surface area contributed by atoms with Crippen molar-refractivity contribution in [1.82, 2.24) is 4.72 Å². The van der Waals surface area contributed by atoms with Crippen LogP contribution in [0, 0.1) is 5.82 Å². The zero-order chi connectivity index (χ0) is 25.5. The molecule has 0 unspecified atom stereocenters. The van der Waals surface area contributed by atoms with E-state index < -0.39 is 57.4 Å². The molecule has 0 spiro atoms. The van der Waals surface area contributed by atoms with Gasteiger partial charge in [-0.25, -0.2) is 17.5 Å². The van der Waals surface area contributed by atoms with Gasteiger partial charge in [0.05, 0.1) is 11.3 Å². The predicted molar refractivity (Wildman–Crippen MR) is 105 cm³/mol. The van der Waals surface area contributed by atoms with E-state index in [4.69, 9.17) is 0 Å². The van der Waals surface area contributed by atoms with Gasteiger partial charge in [-0.05, 0) is 42.7 Å². The number of sulfonamides is 1. The van der Waals surface area contributed by atoms with Crippen LogP contribution in [0.2, 0.25) is 0 Å². The monoisotopic (exact) mass is 514 g/mol. The van der Waals surface area contributed by atoms with Gasteiger partial charge in [0, 0.05) is 17.3 Å². The molecule has 3 N–H and O–H groups in total. The van der Waals surface area contributed by atoms with Crippen molar-refractivity contribution in [2.24, 2.45) is 0 Å². The van der Waals surface area contributed by atoms with Crippen molar-refractivity contribution < 1.29 is 49.1 Å². The van der Waals surface area contributed by atoms with Gasteiger partial charge in [-0.3, -0.25) is 4.79 Å². The Bertz CT molecular complexity index is 1180. The van der Waals surface area contributed by atoms with E-state index in [9.17, 15) is 49.1 Å². The summed E-state index contributed by atoms with van der Waals surface area (Å²) in [4.78, 5) is 12.1. The van der Waals surface area contributed by atoms with Crippen molar-refractivity contribution in [3.63, 3.8) is 0 Å². The van der Waals surface area contributed by atoms with E-state index in [-0.39, 0.29) is 28.6 Å². The van der Waals surface area contributed by atoms with Crippen molar-refractivity contribution in [3.05, 3.63) is 59.4 Å². The van der Waals surface area contributed by atoms with Crippen LogP contribution in [0.15, 0.2) is 47.4 Å². The van der Waals surface area contributed by atoms with E-state index in [0.717, 1.165) is 0 Å². The quantitative estimate of drug-likeness (QED) is 0.491. The second kappa shape index (κ2) is 8.82. The summed E-state index contributed by atoms with van der Waals surface area (Å²) in [6.07, 6.45) is -11.5. The molecule has 0 saturated heterocycles. The molecule has 3 rings (SSSR count). The van der Waals surface area contributed by atoms with Gasteiger partial charge in [-0.15, -0.1) is 0 Å². The topological polar surface area (TPSA) is 95.5 Å². The lowest BCUT2D eigenvalue weighted by atomic mass is 9.91. The number of hydrogen-bond donors (Lipinski definition) is 3. The first kappa shape index (κ1) is 25.9. The van der Waals surface area contributed by atoms with Crippen LogP contribution < -0.4 is 10.0 Å². The van der Waals surface area contributed by atoms with Gasteiger partial charge >= 0.3 is 12.4 Å². The maximum Gasteiger partial charge on any atom is 0.430 e. The van der Waals surface area contributed by atoms with Crippen molar-refractivity contribution in [2.45, 2.75) is 48.2 Å². The molecular weight excluding hydrogens is 497 g/mol. The number of carbonyl (C=O) groups is 1. The molecule has 1 aliphatic rings. The molecule has 1 amide bonds. The summed E-state index contributed by atoms with van der Waals surface area (Å²) in [6, 6.07) is 6.03. The smallest absolute Gasteiger partial charge is 0.369 e. The molecule has 1 fully saturated rings. The molecule has 0 atom stereocenters. The standard InChI is InChI=1S/C20H17F7N2O4S/c21-16-10-13(6-7-15(16)18(31,19(22,23)24)20(25,26)27)28-17(30)9-11-2-1-3-14(8-11)34(32,33)29-12-4-5-12/h1-3,6-8,10,12,29,31H,4-5,9H2,(H,28,30). The minimum Gasteiger partial charge on any atom is -0.369 e. The lowest BCUT2D eigenvalue weighted by Gasteiger charge is -2.32. The Morgan fingerprint density at radius 2 is 1.62 bits per heavy atom. The van der Waals surface area contributed by atoms with Gasteiger partial charge in [0.15, 0.2) is 0 Å². The minimum atomic E-state index is -6.27. The highest BCUT2D eigenvalue weighted by atomic mass is 32.2. The summed E-state index contributed by atoms with van der Waals surface area (Å²) in [6.45, 7) is 0.